The zero-order valence-electron chi connectivity index (χ0n) is 8.94. The highest BCUT2D eigenvalue weighted by Gasteiger charge is 2.10. The van der Waals surface area contributed by atoms with Crippen LogP contribution in [0.4, 0.5) is 5.82 Å². The number of aryl methyl sites for hydroxylation is 1. The summed E-state index contributed by atoms with van der Waals surface area (Å²) < 4.78 is 0. The Hall–Kier alpha value is -1.60. The fraction of sp³-hybridized carbons (Fsp3) is 0.400. The van der Waals surface area contributed by atoms with Crippen LogP contribution in [-0.2, 0) is 0 Å². The van der Waals surface area contributed by atoms with Crippen LogP contribution in [0.1, 0.15) is 11.3 Å². The normalized spacial score (nSPS) is 10.0. The van der Waals surface area contributed by atoms with Crippen LogP contribution in [0.5, 0.6) is 0 Å². The predicted molar refractivity (Wildman–Crippen MR) is 55.8 cm³/mol. The first-order valence-corrected chi connectivity index (χ1v) is 4.35. The van der Waals surface area contributed by atoms with Gasteiger partial charge < -0.3 is 0 Å². The van der Waals surface area contributed by atoms with Crippen molar-refractivity contribution in [2.45, 2.75) is 6.92 Å². The number of hydrogen-bond acceptors (Lipinski definition) is 4. The van der Waals surface area contributed by atoms with E-state index >= 15 is 0 Å². The van der Waals surface area contributed by atoms with Crippen LogP contribution in [0, 0.1) is 18.3 Å². The van der Waals surface area contributed by atoms with E-state index in [2.05, 4.69) is 11.1 Å². The summed E-state index contributed by atoms with van der Waals surface area (Å²) in [7, 11) is 5.69. The minimum Gasteiger partial charge on any atom is -0.292 e. The van der Waals surface area contributed by atoms with Gasteiger partial charge in [0, 0.05) is 26.8 Å². The molecule has 0 aromatic carbocycles. The van der Waals surface area contributed by atoms with Crippen molar-refractivity contribution in [3.8, 4) is 6.07 Å². The summed E-state index contributed by atoms with van der Waals surface area (Å²) in [6, 6.07) is 5.76. The monoisotopic (exact) mass is 190 g/mol. The van der Waals surface area contributed by atoms with Crippen LogP contribution in [-0.4, -0.2) is 31.1 Å². The van der Waals surface area contributed by atoms with Gasteiger partial charge in [-0.15, -0.1) is 0 Å². The topological polar surface area (TPSA) is 43.2 Å². The van der Waals surface area contributed by atoms with E-state index in [0.29, 0.717) is 11.4 Å². The molecule has 0 radical (unpaired) electrons. The van der Waals surface area contributed by atoms with E-state index in [0.717, 1.165) is 5.69 Å². The van der Waals surface area contributed by atoms with Gasteiger partial charge in [0.15, 0.2) is 5.82 Å². The molecule has 4 nitrogen and oxygen atoms in total. The molecule has 1 heterocycles. The fourth-order valence-electron chi connectivity index (χ4n) is 1.07. The molecule has 0 spiro atoms. The van der Waals surface area contributed by atoms with E-state index in [1.807, 2.05) is 44.2 Å². The molecule has 0 N–H and O–H groups in total. The van der Waals surface area contributed by atoms with Crippen molar-refractivity contribution in [1.29, 1.82) is 5.26 Å². The highest BCUT2D eigenvalue weighted by molar-refractivity contribution is 5.52. The first-order chi connectivity index (χ1) is 6.56. The maximum absolute atomic E-state index is 8.90. The van der Waals surface area contributed by atoms with Crippen LogP contribution in [0.3, 0.4) is 0 Å². The van der Waals surface area contributed by atoms with Crippen molar-refractivity contribution >= 4 is 5.82 Å². The third-order valence-corrected chi connectivity index (χ3v) is 2.04. The molecule has 0 aliphatic carbocycles. The van der Waals surface area contributed by atoms with Gasteiger partial charge in [0.1, 0.15) is 6.07 Å². The minimum atomic E-state index is 0.590. The van der Waals surface area contributed by atoms with Crippen molar-refractivity contribution in [2.24, 2.45) is 0 Å². The smallest absolute Gasteiger partial charge is 0.160 e. The molecule has 14 heavy (non-hydrogen) atoms. The lowest BCUT2D eigenvalue weighted by Crippen LogP contribution is -2.34. The Bertz CT molecular complexity index is 365. The van der Waals surface area contributed by atoms with E-state index < -0.39 is 0 Å². The standard InChI is InChI=1S/C10H14N4/c1-8-5-6-9(7-11)10(12-8)14(4)13(2)3/h5-6H,1-4H3. The lowest BCUT2D eigenvalue weighted by Gasteiger charge is -2.26. The van der Waals surface area contributed by atoms with Crippen LogP contribution in [0.15, 0.2) is 12.1 Å². The van der Waals surface area contributed by atoms with Gasteiger partial charge in [0.2, 0.25) is 0 Å². The molecular formula is C10H14N4. The molecule has 0 amide bonds. The van der Waals surface area contributed by atoms with Gasteiger partial charge in [0.05, 0.1) is 5.56 Å². The second-order valence-corrected chi connectivity index (χ2v) is 3.31. The molecule has 0 aliphatic rings. The molecule has 0 unspecified atom stereocenters. The molecule has 0 saturated carbocycles. The molecule has 0 fully saturated rings. The van der Waals surface area contributed by atoms with E-state index in [1.54, 1.807) is 6.07 Å². The highest BCUT2D eigenvalue weighted by atomic mass is 15.6. The number of hydrazine groups is 1. The zero-order valence-corrected chi connectivity index (χ0v) is 8.94. The molecule has 0 atom stereocenters. The fourth-order valence-corrected chi connectivity index (χ4v) is 1.07. The molecular weight excluding hydrogens is 176 g/mol. The third-order valence-electron chi connectivity index (χ3n) is 2.04. The van der Waals surface area contributed by atoms with Crippen molar-refractivity contribution in [3.05, 3.63) is 23.4 Å². The molecule has 0 aliphatic heterocycles. The summed E-state index contributed by atoms with van der Waals surface area (Å²) in [5.74, 6) is 0.692. The Labute approximate surface area is 84.4 Å². The SMILES string of the molecule is Cc1ccc(C#N)c(N(C)N(C)C)n1. The summed E-state index contributed by atoms with van der Waals surface area (Å²) in [5, 5.41) is 12.6. The van der Waals surface area contributed by atoms with Gasteiger partial charge in [0.25, 0.3) is 0 Å². The minimum absolute atomic E-state index is 0.590. The third kappa shape index (κ3) is 2.01. The Morgan fingerprint density at radius 3 is 2.43 bits per heavy atom. The quantitative estimate of drug-likeness (QED) is 0.657. The summed E-state index contributed by atoms with van der Waals surface area (Å²) in [5.41, 5.74) is 1.50. The van der Waals surface area contributed by atoms with E-state index in [9.17, 15) is 0 Å². The maximum Gasteiger partial charge on any atom is 0.160 e. The van der Waals surface area contributed by atoms with Crippen LogP contribution >= 0.6 is 0 Å². The number of pyridine rings is 1. The number of anilines is 1. The van der Waals surface area contributed by atoms with Gasteiger partial charge in [-0.1, -0.05) is 0 Å². The molecule has 1 aromatic heterocycles. The van der Waals surface area contributed by atoms with Gasteiger partial charge in [-0.2, -0.15) is 5.26 Å². The Morgan fingerprint density at radius 1 is 1.29 bits per heavy atom. The summed E-state index contributed by atoms with van der Waals surface area (Å²) in [4.78, 5) is 4.33. The zero-order chi connectivity index (χ0) is 10.7. The highest BCUT2D eigenvalue weighted by Crippen LogP contribution is 2.16. The molecule has 74 valence electrons. The molecule has 0 bridgehead atoms. The van der Waals surface area contributed by atoms with Crippen molar-refractivity contribution in [2.75, 3.05) is 26.2 Å². The van der Waals surface area contributed by atoms with Crippen molar-refractivity contribution < 1.29 is 0 Å². The average Bonchev–Trinajstić information content (AvgIpc) is 2.16. The largest absolute Gasteiger partial charge is 0.292 e. The van der Waals surface area contributed by atoms with Crippen molar-refractivity contribution in [1.82, 2.24) is 9.99 Å². The maximum atomic E-state index is 8.90. The Morgan fingerprint density at radius 2 is 1.93 bits per heavy atom. The van der Waals surface area contributed by atoms with Crippen LogP contribution < -0.4 is 5.01 Å². The second-order valence-electron chi connectivity index (χ2n) is 3.31. The second kappa shape index (κ2) is 4.07. The first-order valence-electron chi connectivity index (χ1n) is 4.35. The summed E-state index contributed by atoms with van der Waals surface area (Å²) >= 11 is 0. The first kappa shape index (κ1) is 10.5. The Balaban J connectivity index is 3.18. The predicted octanol–water partition coefficient (Wildman–Crippen LogP) is 1.17. The molecule has 1 rings (SSSR count). The molecule has 4 heteroatoms. The number of aromatic nitrogens is 1. The number of rotatable bonds is 2. The van der Waals surface area contributed by atoms with Gasteiger partial charge in [-0.05, 0) is 19.1 Å². The van der Waals surface area contributed by atoms with Gasteiger partial charge in [-0.25, -0.2) is 9.99 Å². The Kier molecular flexibility index (Phi) is 3.05. The van der Waals surface area contributed by atoms with E-state index in [1.165, 1.54) is 0 Å². The van der Waals surface area contributed by atoms with E-state index in [4.69, 9.17) is 5.26 Å². The van der Waals surface area contributed by atoms with Crippen LogP contribution in [0.2, 0.25) is 0 Å². The van der Waals surface area contributed by atoms with E-state index in [-0.39, 0.29) is 0 Å². The molecule has 1 aromatic rings. The summed E-state index contributed by atoms with van der Waals surface area (Å²) in [6.45, 7) is 1.91. The number of hydrogen-bond donors (Lipinski definition) is 0. The van der Waals surface area contributed by atoms with Crippen LogP contribution in [0.25, 0.3) is 0 Å². The molecule has 0 saturated heterocycles. The number of nitrogens with zero attached hydrogens (tertiary/aromatic N) is 4. The average molecular weight is 190 g/mol. The van der Waals surface area contributed by atoms with Crippen molar-refractivity contribution in [3.63, 3.8) is 0 Å². The number of nitriles is 1. The van der Waals surface area contributed by atoms with Gasteiger partial charge >= 0.3 is 0 Å². The summed E-state index contributed by atoms with van der Waals surface area (Å²) in [6.07, 6.45) is 0. The lowest BCUT2D eigenvalue weighted by atomic mass is 10.2. The lowest BCUT2D eigenvalue weighted by molar-refractivity contribution is 0.393. The van der Waals surface area contributed by atoms with Gasteiger partial charge in [-0.3, -0.25) is 5.01 Å².